The molecule has 2 N–H and O–H groups in total. The van der Waals surface area contributed by atoms with E-state index in [1.807, 2.05) is 11.8 Å². The molecule has 0 aromatic carbocycles. The second kappa shape index (κ2) is 6.58. The lowest BCUT2D eigenvalue weighted by atomic mass is 10.2. The summed E-state index contributed by atoms with van der Waals surface area (Å²) in [6, 6.07) is 0.319. The first-order chi connectivity index (χ1) is 6.74. The van der Waals surface area contributed by atoms with Crippen molar-refractivity contribution in [3.05, 3.63) is 0 Å². The van der Waals surface area contributed by atoms with Crippen LogP contribution in [0, 0.1) is 0 Å². The van der Waals surface area contributed by atoms with E-state index >= 15 is 0 Å². The highest BCUT2D eigenvalue weighted by molar-refractivity contribution is 7.99. The number of rotatable bonds is 5. The van der Waals surface area contributed by atoms with Crippen LogP contribution >= 0.6 is 23.5 Å². The zero-order valence-corrected chi connectivity index (χ0v) is 10.3. The molecule has 0 aliphatic carbocycles. The summed E-state index contributed by atoms with van der Waals surface area (Å²) in [6.45, 7) is 2.07. The zero-order chi connectivity index (χ0) is 10.4. The third-order valence-electron chi connectivity index (χ3n) is 2.18. The van der Waals surface area contributed by atoms with Crippen molar-refractivity contribution in [2.75, 3.05) is 23.6 Å². The predicted octanol–water partition coefficient (Wildman–Crippen LogP) is 0.907. The Kier molecular flexibility index (Phi) is 5.74. The van der Waals surface area contributed by atoms with Crippen LogP contribution in [0.15, 0.2) is 0 Å². The summed E-state index contributed by atoms with van der Waals surface area (Å²) >= 11 is 3.60. The van der Waals surface area contributed by atoms with Gasteiger partial charge in [-0.15, -0.1) is 11.8 Å². The second-order valence-electron chi connectivity index (χ2n) is 3.46. The molecule has 0 radical (unpaired) electrons. The topological polar surface area (TPSA) is 41.1 Å². The first kappa shape index (κ1) is 12.2. The lowest BCUT2D eigenvalue weighted by Crippen LogP contribution is -2.45. The molecule has 5 heteroatoms. The van der Waals surface area contributed by atoms with E-state index in [0.717, 1.165) is 23.8 Å². The van der Waals surface area contributed by atoms with Crippen LogP contribution in [0.5, 0.6) is 0 Å². The van der Waals surface area contributed by atoms with Gasteiger partial charge in [-0.3, -0.25) is 10.1 Å². The van der Waals surface area contributed by atoms with E-state index in [4.69, 9.17) is 0 Å². The number of thioether (sulfide) groups is 2. The van der Waals surface area contributed by atoms with Gasteiger partial charge < -0.3 is 5.32 Å². The van der Waals surface area contributed by atoms with Crippen molar-refractivity contribution in [3.8, 4) is 0 Å². The monoisotopic (exact) mass is 234 g/mol. The number of hydrogen-bond donors (Lipinski definition) is 2. The van der Waals surface area contributed by atoms with Gasteiger partial charge in [0.2, 0.25) is 5.91 Å². The zero-order valence-electron chi connectivity index (χ0n) is 8.71. The smallest absolute Gasteiger partial charge is 0.238 e. The van der Waals surface area contributed by atoms with Crippen molar-refractivity contribution < 1.29 is 4.79 Å². The van der Waals surface area contributed by atoms with Crippen LogP contribution in [-0.4, -0.2) is 41.6 Å². The Morgan fingerprint density at radius 2 is 2.57 bits per heavy atom. The highest BCUT2D eigenvalue weighted by Crippen LogP contribution is 2.10. The lowest BCUT2D eigenvalue weighted by Gasteiger charge is -2.16. The number of hydrogen-bond acceptors (Lipinski definition) is 4. The molecule has 0 saturated carbocycles. The van der Waals surface area contributed by atoms with E-state index in [2.05, 4.69) is 23.8 Å². The fourth-order valence-corrected chi connectivity index (χ4v) is 2.80. The SMILES string of the molecule is CSCCC(C)NC(=O)C1CSCN1. The van der Waals surface area contributed by atoms with Gasteiger partial charge in [0.15, 0.2) is 0 Å². The second-order valence-corrected chi connectivity index (χ2v) is 5.48. The maximum Gasteiger partial charge on any atom is 0.238 e. The highest BCUT2D eigenvalue weighted by Gasteiger charge is 2.23. The van der Waals surface area contributed by atoms with Crippen molar-refractivity contribution in [3.63, 3.8) is 0 Å². The Labute approximate surface area is 94.2 Å². The van der Waals surface area contributed by atoms with Gasteiger partial charge in [-0.1, -0.05) is 0 Å². The van der Waals surface area contributed by atoms with Crippen LogP contribution in [0.2, 0.25) is 0 Å². The molecule has 1 amide bonds. The molecule has 0 aromatic rings. The summed E-state index contributed by atoms with van der Waals surface area (Å²) in [7, 11) is 0. The van der Waals surface area contributed by atoms with Gasteiger partial charge in [-0.25, -0.2) is 0 Å². The molecule has 0 bridgehead atoms. The molecule has 1 heterocycles. The largest absolute Gasteiger partial charge is 0.352 e. The minimum Gasteiger partial charge on any atom is -0.352 e. The molecule has 1 aliphatic heterocycles. The summed E-state index contributed by atoms with van der Waals surface area (Å²) in [4.78, 5) is 11.6. The molecule has 1 rings (SSSR count). The van der Waals surface area contributed by atoms with E-state index < -0.39 is 0 Å². The first-order valence-corrected chi connectivity index (χ1v) is 7.39. The Hall–Kier alpha value is 0.130. The van der Waals surface area contributed by atoms with Crippen LogP contribution in [0.4, 0.5) is 0 Å². The highest BCUT2D eigenvalue weighted by atomic mass is 32.2. The fraction of sp³-hybridized carbons (Fsp3) is 0.889. The van der Waals surface area contributed by atoms with E-state index in [9.17, 15) is 4.79 Å². The van der Waals surface area contributed by atoms with Crippen molar-refractivity contribution in [2.24, 2.45) is 0 Å². The van der Waals surface area contributed by atoms with Crippen molar-refractivity contribution in [2.45, 2.75) is 25.4 Å². The van der Waals surface area contributed by atoms with Crippen LogP contribution in [0.25, 0.3) is 0 Å². The van der Waals surface area contributed by atoms with Gasteiger partial charge in [-0.05, 0) is 25.4 Å². The normalized spacial score (nSPS) is 23.4. The number of carbonyl (C=O) groups is 1. The third kappa shape index (κ3) is 4.11. The van der Waals surface area contributed by atoms with Crippen molar-refractivity contribution in [1.82, 2.24) is 10.6 Å². The molecule has 0 aromatic heterocycles. The molecule has 82 valence electrons. The van der Waals surface area contributed by atoms with E-state index in [-0.39, 0.29) is 11.9 Å². The Morgan fingerprint density at radius 3 is 3.14 bits per heavy atom. The Bertz CT molecular complexity index is 184. The van der Waals surface area contributed by atoms with E-state index in [0.29, 0.717) is 6.04 Å². The molecular formula is C9H18N2OS2. The van der Waals surface area contributed by atoms with Gasteiger partial charge in [0.05, 0.1) is 6.04 Å². The van der Waals surface area contributed by atoms with Crippen molar-refractivity contribution in [1.29, 1.82) is 0 Å². The van der Waals surface area contributed by atoms with Gasteiger partial charge in [0.1, 0.15) is 0 Å². The van der Waals surface area contributed by atoms with Crippen LogP contribution in [0.1, 0.15) is 13.3 Å². The molecule has 2 unspecified atom stereocenters. The van der Waals surface area contributed by atoms with Gasteiger partial charge in [0.25, 0.3) is 0 Å². The van der Waals surface area contributed by atoms with Crippen LogP contribution in [-0.2, 0) is 4.79 Å². The Balaban J connectivity index is 2.18. The molecule has 3 nitrogen and oxygen atoms in total. The molecule has 1 saturated heterocycles. The van der Waals surface area contributed by atoms with Gasteiger partial charge >= 0.3 is 0 Å². The minimum atomic E-state index is 0.0247. The molecule has 1 fully saturated rings. The minimum absolute atomic E-state index is 0.0247. The summed E-state index contributed by atoms with van der Waals surface area (Å²) in [6.07, 6.45) is 3.14. The summed E-state index contributed by atoms with van der Waals surface area (Å²) in [5.74, 6) is 3.07. The quantitative estimate of drug-likeness (QED) is 0.742. The van der Waals surface area contributed by atoms with Crippen LogP contribution in [0.3, 0.4) is 0 Å². The fourth-order valence-electron chi connectivity index (χ4n) is 1.27. The van der Waals surface area contributed by atoms with Crippen molar-refractivity contribution >= 4 is 29.4 Å². The summed E-state index contributed by atoms with van der Waals surface area (Å²) in [5, 5.41) is 6.19. The number of carbonyl (C=O) groups excluding carboxylic acids is 1. The maximum absolute atomic E-state index is 11.6. The average Bonchev–Trinajstić information content (AvgIpc) is 2.67. The predicted molar refractivity (Wildman–Crippen MR) is 64.9 cm³/mol. The number of nitrogens with one attached hydrogen (secondary N) is 2. The van der Waals surface area contributed by atoms with E-state index in [1.54, 1.807) is 11.8 Å². The lowest BCUT2D eigenvalue weighted by molar-refractivity contribution is -0.123. The number of amides is 1. The molecule has 0 spiro atoms. The summed E-state index contributed by atoms with van der Waals surface area (Å²) < 4.78 is 0. The first-order valence-electron chi connectivity index (χ1n) is 4.84. The third-order valence-corrected chi connectivity index (χ3v) is 3.76. The van der Waals surface area contributed by atoms with E-state index in [1.165, 1.54) is 0 Å². The van der Waals surface area contributed by atoms with Crippen LogP contribution < -0.4 is 10.6 Å². The molecular weight excluding hydrogens is 216 g/mol. The maximum atomic E-state index is 11.6. The molecule has 2 atom stereocenters. The molecule has 14 heavy (non-hydrogen) atoms. The standard InChI is InChI=1S/C9H18N2OS2/c1-7(3-4-13-2)11-9(12)8-5-14-6-10-8/h7-8,10H,3-6H2,1-2H3,(H,11,12). The van der Waals surface area contributed by atoms with Gasteiger partial charge in [0, 0.05) is 17.7 Å². The van der Waals surface area contributed by atoms with Gasteiger partial charge in [-0.2, -0.15) is 11.8 Å². The molecule has 1 aliphatic rings. The average molecular weight is 234 g/mol. The Morgan fingerprint density at radius 1 is 1.79 bits per heavy atom. The summed E-state index contributed by atoms with van der Waals surface area (Å²) in [5.41, 5.74) is 0.